The van der Waals surface area contributed by atoms with Crippen LogP contribution in [0.4, 0.5) is 5.69 Å². The summed E-state index contributed by atoms with van der Waals surface area (Å²) in [6.45, 7) is 0. The second-order valence-electron chi connectivity index (χ2n) is 5.23. The third-order valence-electron chi connectivity index (χ3n) is 3.50. The molecule has 0 fully saturated rings. The van der Waals surface area contributed by atoms with Crippen LogP contribution in [0.1, 0.15) is 5.56 Å². The lowest BCUT2D eigenvalue weighted by Crippen LogP contribution is -2.32. The molecule has 2 amide bonds. The minimum absolute atomic E-state index is 0.529. The first-order chi connectivity index (χ1) is 12.1. The lowest BCUT2D eigenvalue weighted by atomic mass is 10.1. The highest BCUT2D eigenvalue weighted by atomic mass is 79.9. The molecule has 25 heavy (non-hydrogen) atoms. The van der Waals surface area contributed by atoms with Gasteiger partial charge in [0.05, 0.1) is 6.21 Å². The van der Waals surface area contributed by atoms with Crippen LogP contribution in [0.15, 0.2) is 76.3 Å². The topological polar surface area (TPSA) is 70.6 Å². The molecule has 124 valence electrons. The van der Waals surface area contributed by atoms with Crippen LogP contribution in [0.25, 0.3) is 10.8 Å². The Labute approximate surface area is 152 Å². The predicted octanol–water partition coefficient (Wildman–Crippen LogP) is 3.69. The van der Waals surface area contributed by atoms with Crippen molar-refractivity contribution >= 4 is 50.4 Å². The molecule has 0 atom stereocenters. The molecule has 0 heterocycles. The Morgan fingerprint density at radius 1 is 0.880 bits per heavy atom. The predicted molar refractivity (Wildman–Crippen MR) is 102 cm³/mol. The average Bonchev–Trinajstić information content (AvgIpc) is 2.63. The number of halogens is 1. The minimum atomic E-state index is -0.834. The molecule has 0 saturated heterocycles. The summed E-state index contributed by atoms with van der Waals surface area (Å²) in [5.74, 6) is -1.61. The number of anilines is 1. The lowest BCUT2D eigenvalue weighted by molar-refractivity contribution is -0.136. The molecule has 0 spiro atoms. The van der Waals surface area contributed by atoms with E-state index in [0.717, 1.165) is 20.8 Å². The molecule has 0 aliphatic rings. The van der Waals surface area contributed by atoms with E-state index in [4.69, 9.17) is 0 Å². The first-order valence-corrected chi connectivity index (χ1v) is 8.30. The molecule has 0 aromatic heterocycles. The van der Waals surface area contributed by atoms with Gasteiger partial charge >= 0.3 is 11.8 Å². The zero-order chi connectivity index (χ0) is 17.6. The van der Waals surface area contributed by atoms with Gasteiger partial charge in [-0.3, -0.25) is 9.59 Å². The van der Waals surface area contributed by atoms with Crippen LogP contribution in [0, 0.1) is 0 Å². The summed E-state index contributed by atoms with van der Waals surface area (Å²) in [6.07, 6.45) is 1.52. The Kier molecular flexibility index (Phi) is 5.20. The Morgan fingerprint density at radius 3 is 2.40 bits per heavy atom. The standard InChI is InChI=1S/C19H14BrN3O2/c20-15-8-10-16(11-9-15)22-18(24)19(25)23-21-12-14-6-3-5-13-4-1-2-7-17(13)14/h1-12H,(H,22,24)(H,23,25). The van der Waals surface area contributed by atoms with E-state index in [1.165, 1.54) is 6.21 Å². The van der Waals surface area contributed by atoms with Gasteiger partial charge in [-0.25, -0.2) is 5.43 Å². The van der Waals surface area contributed by atoms with Crippen LogP contribution >= 0.6 is 15.9 Å². The molecule has 0 unspecified atom stereocenters. The van der Waals surface area contributed by atoms with Crippen LogP contribution in [0.3, 0.4) is 0 Å². The number of hydrogen-bond donors (Lipinski definition) is 2. The van der Waals surface area contributed by atoms with Crippen molar-refractivity contribution in [1.29, 1.82) is 0 Å². The van der Waals surface area contributed by atoms with Crippen LogP contribution < -0.4 is 10.7 Å². The quantitative estimate of drug-likeness (QED) is 0.403. The normalized spacial score (nSPS) is 10.8. The molecule has 0 aliphatic carbocycles. The van der Waals surface area contributed by atoms with Crippen molar-refractivity contribution in [2.24, 2.45) is 5.10 Å². The lowest BCUT2D eigenvalue weighted by Gasteiger charge is -2.04. The van der Waals surface area contributed by atoms with E-state index >= 15 is 0 Å². The van der Waals surface area contributed by atoms with Gasteiger partial charge in [-0.15, -0.1) is 0 Å². The smallest absolute Gasteiger partial charge is 0.318 e. The summed E-state index contributed by atoms with van der Waals surface area (Å²) >= 11 is 3.30. The van der Waals surface area contributed by atoms with Crippen molar-refractivity contribution in [2.45, 2.75) is 0 Å². The minimum Gasteiger partial charge on any atom is -0.318 e. The van der Waals surface area contributed by atoms with Gasteiger partial charge in [0.15, 0.2) is 0 Å². The largest absolute Gasteiger partial charge is 0.329 e. The number of hydrazone groups is 1. The number of fused-ring (bicyclic) bond motifs is 1. The van der Waals surface area contributed by atoms with Gasteiger partial charge in [0.1, 0.15) is 0 Å². The number of amides is 2. The van der Waals surface area contributed by atoms with E-state index in [1.54, 1.807) is 24.3 Å². The van der Waals surface area contributed by atoms with Gasteiger partial charge in [-0.05, 0) is 35.0 Å². The maximum atomic E-state index is 11.8. The van der Waals surface area contributed by atoms with E-state index in [0.29, 0.717) is 5.69 Å². The van der Waals surface area contributed by atoms with Crippen molar-refractivity contribution in [1.82, 2.24) is 5.43 Å². The zero-order valence-corrected chi connectivity index (χ0v) is 14.7. The Balaban J connectivity index is 1.64. The Bertz CT molecular complexity index is 947. The van der Waals surface area contributed by atoms with Crippen molar-refractivity contribution in [3.63, 3.8) is 0 Å². The number of benzene rings is 3. The van der Waals surface area contributed by atoms with Crippen LogP contribution in [-0.2, 0) is 9.59 Å². The second kappa shape index (κ2) is 7.72. The summed E-state index contributed by atoms with van der Waals surface area (Å²) < 4.78 is 0.884. The summed E-state index contributed by atoms with van der Waals surface area (Å²) in [6, 6.07) is 20.6. The summed E-state index contributed by atoms with van der Waals surface area (Å²) in [5.41, 5.74) is 3.62. The average molecular weight is 396 g/mol. The fourth-order valence-corrected chi connectivity index (χ4v) is 2.56. The Hall–Kier alpha value is -2.99. The molecule has 0 radical (unpaired) electrons. The van der Waals surface area contributed by atoms with E-state index in [9.17, 15) is 9.59 Å². The van der Waals surface area contributed by atoms with Gasteiger partial charge in [0, 0.05) is 15.7 Å². The van der Waals surface area contributed by atoms with E-state index in [-0.39, 0.29) is 0 Å². The van der Waals surface area contributed by atoms with Crippen molar-refractivity contribution in [3.05, 3.63) is 76.8 Å². The van der Waals surface area contributed by atoms with E-state index in [2.05, 4.69) is 31.8 Å². The number of carbonyl (C=O) groups excluding carboxylic acids is 2. The number of nitrogens with one attached hydrogen (secondary N) is 2. The Morgan fingerprint density at radius 2 is 1.60 bits per heavy atom. The first-order valence-electron chi connectivity index (χ1n) is 7.51. The molecule has 3 rings (SSSR count). The van der Waals surface area contributed by atoms with Gasteiger partial charge in [0.2, 0.25) is 0 Å². The summed E-state index contributed by atoms with van der Waals surface area (Å²) in [4.78, 5) is 23.7. The number of nitrogens with zero attached hydrogens (tertiary/aromatic N) is 1. The first kappa shape index (κ1) is 16.9. The molecule has 2 N–H and O–H groups in total. The molecule has 6 heteroatoms. The van der Waals surface area contributed by atoms with Gasteiger partial charge in [0.25, 0.3) is 0 Å². The number of rotatable bonds is 3. The van der Waals surface area contributed by atoms with Crippen molar-refractivity contribution in [3.8, 4) is 0 Å². The maximum absolute atomic E-state index is 11.8. The highest BCUT2D eigenvalue weighted by Gasteiger charge is 2.12. The van der Waals surface area contributed by atoms with Crippen LogP contribution in [-0.4, -0.2) is 18.0 Å². The SMILES string of the molecule is O=C(NN=Cc1cccc2ccccc12)C(=O)Nc1ccc(Br)cc1. The molecule has 3 aromatic carbocycles. The van der Waals surface area contributed by atoms with Gasteiger partial charge in [-0.2, -0.15) is 5.10 Å². The summed E-state index contributed by atoms with van der Waals surface area (Å²) in [5, 5.41) is 8.47. The molecule has 5 nitrogen and oxygen atoms in total. The zero-order valence-electron chi connectivity index (χ0n) is 13.1. The van der Waals surface area contributed by atoms with Crippen molar-refractivity contribution < 1.29 is 9.59 Å². The van der Waals surface area contributed by atoms with Crippen LogP contribution in [0.5, 0.6) is 0 Å². The highest BCUT2D eigenvalue weighted by molar-refractivity contribution is 9.10. The summed E-state index contributed by atoms with van der Waals surface area (Å²) in [7, 11) is 0. The third-order valence-corrected chi connectivity index (χ3v) is 4.03. The third kappa shape index (κ3) is 4.30. The molecular weight excluding hydrogens is 382 g/mol. The van der Waals surface area contributed by atoms with Gasteiger partial charge < -0.3 is 5.32 Å². The molecule has 3 aromatic rings. The van der Waals surface area contributed by atoms with Crippen LogP contribution in [0.2, 0.25) is 0 Å². The van der Waals surface area contributed by atoms with E-state index in [1.807, 2.05) is 42.5 Å². The molecule has 0 bridgehead atoms. The molecule has 0 saturated carbocycles. The molecule has 0 aliphatic heterocycles. The monoisotopic (exact) mass is 395 g/mol. The van der Waals surface area contributed by atoms with Crippen molar-refractivity contribution in [2.75, 3.05) is 5.32 Å². The van der Waals surface area contributed by atoms with E-state index < -0.39 is 11.8 Å². The maximum Gasteiger partial charge on any atom is 0.329 e. The highest BCUT2D eigenvalue weighted by Crippen LogP contribution is 2.16. The molecular formula is C19H14BrN3O2. The number of carbonyl (C=O) groups is 2. The fraction of sp³-hybridized carbons (Fsp3) is 0. The second-order valence-corrected chi connectivity index (χ2v) is 6.14. The number of hydrogen-bond acceptors (Lipinski definition) is 3. The van der Waals surface area contributed by atoms with Gasteiger partial charge in [-0.1, -0.05) is 58.4 Å². The fourth-order valence-electron chi connectivity index (χ4n) is 2.30.